The normalized spacial score (nSPS) is 7.58. The van der Waals surface area contributed by atoms with Gasteiger partial charge in [-0.25, -0.2) is 0 Å². The van der Waals surface area contributed by atoms with Crippen molar-refractivity contribution in [3.8, 4) is 0 Å². The van der Waals surface area contributed by atoms with Crippen LogP contribution in [0, 0.1) is 0 Å². The molecular formula is As4O12Pb3. The second-order valence-electron chi connectivity index (χ2n) is 0.894. The van der Waals surface area contributed by atoms with Gasteiger partial charge in [-0.2, -0.15) is 0 Å². The minimum Gasteiger partial charge on any atom is 4.00 e. The summed E-state index contributed by atoms with van der Waals surface area (Å²) < 4.78 is 103. The first-order valence-corrected chi connectivity index (χ1v) is 11.4. The summed E-state index contributed by atoms with van der Waals surface area (Å²) in [5.41, 5.74) is 0. The van der Waals surface area contributed by atoms with Crippen molar-refractivity contribution in [2.75, 3.05) is 0 Å². The molecule has 0 saturated carbocycles. The average molecular weight is 1110 g/mol. The molecule has 0 unspecified atom stereocenters. The van der Waals surface area contributed by atoms with E-state index in [-0.39, 0.29) is 81.9 Å². The van der Waals surface area contributed by atoms with E-state index < -0.39 is 62.7 Å². The summed E-state index contributed by atoms with van der Waals surface area (Å²) in [4.78, 5) is 0. The van der Waals surface area contributed by atoms with Crippen LogP contribution < -0.4 is 49.1 Å². The molecule has 0 aliphatic rings. The Bertz CT molecular complexity index is 68.0. The first-order valence-electron chi connectivity index (χ1n) is 2.19. The molecule has 0 radical (unpaired) electrons. The summed E-state index contributed by atoms with van der Waals surface area (Å²) in [7, 11) is 0. The summed E-state index contributed by atoms with van der Waals surface area (Å²) in [5, 5.41) is 0. The van der Waals surface area contributed by atoms with Gasteiger partial charge in [0.2, 0.25) is 0 Å². The van der Waals surface area contributed by atoms with E-state index in [2.05, 4.69) is 0 Å². The van der Waals surface area contributed by atoms with Gasteiger partial charge < -0.3 is 0 Å². The fourth-order valence-electron chi connectivity index (χ4n) is 0. The Kier molecular flexibility index (Phi) is 87.9. The molecule has 0 saturated heterocycles. The molecule has 0 bridgehead atoms. The Hall–Kier alpha value is 4.52. The molecule has 0 rings (SSSR count). The molecule has 12 nitrogen and oxygen atoms in total. The van der Waals surface area contributed by atoms with Crippen LogP contribution in [0.25, 0.3) is 0 Å². The maximum absolute atomic E-state index is 8.56. The zero-order chi connectivity index (χ0) is 14.3. The van der Waals surface area contributed by atoms with E-state index in [1.807, 2.05) is 0 Å². The molecule has 104 valence electrons. The Morgan fingerprint density at radius 2 is 0.263 bits per heavy atom. The topological polar surface area (TPSA) is 277 Å². The molecule has 0 aromatic carbocycles. The van der Waals surface area contributed by atoms with E-state index in [1.54, 1.807) is 0 Å². The first-order chi connectivity index (χ1) is 6.93. The van der Waals surface area contributed by atoms with E-state index in [1.165, 1.54) is 0 Å². The van der Waals surface area contributed by atoms with Gasteiger partial charge >= 0.3 is 194 Å². The molecule has 0 aliphatic heterocycles. The van der Waals surface area contributed by atoms with Crippen molar-refractivity contribution in [1.29, 1.82) is 0 Å². The van der Waals surface area contributed by atoms with Gasteiger partial charge in [0.25, 0.3) is 0 Å². The SMILES string of the molecule is [O-][As]([O-])[O-].[O-][As]([O-])[O-].[O-][As]([O-])[O-].[O-][As]([O-])[O-].[Pb+4].[Pb+4].[Pb+4]. The van der Waals surface area contributed by atoms with Gasteiger partial charge in [0, 0.05) is 0 Å². The van der Waals surface area contributed by atoms with Gasteiger partial charge in [-0.15, -0.1) is 0 Å². The molecular weight excluding hydrogens is 1110 g/mol. The van der Waals surface area contributed by atoms with Crippen LogP contribution in [0.3, 0.4) is 0 Å². The summed E-state index contributed by atoms with van der Waals surface area (Å²) >= 11 is -15.8. The van der Waals surface area contributed by atoms with Gasteiger partial charge in [0.1, 0.15) is 0 Å². The molecule has 0 amide bonds. The number of hydrogen-bond acceptors (Lipinski definition) is 12. The van der Waals surface area contributed by atoms with Gasteiger partial charge in [-0.05, 0) is 0 Å². The Morgan fingerprint density at radius 1 is 0.263 bits per heavy atom. The van der Waals surface area contributed by atoms with E-state index in [4.69, 9.17) is 49.1 Å². The third kappa shape index (κ3) is 464. The van der Waals surface area contributed by atoms with Crippen molar-refractivity contribution in [3.05, 3.63) is 0 Å². The standard InChI is InChI=1S/4AsO3.3Pb/c4*2-1(3)4;;;/q4*-3;3*+4. The van der Waals surface area contributed by atoms with E-state index >= 15 is 0 Å². The first kappa shape index (κ1) is 43.7. The monoisotopic (exact) mass is 1120 g/mol. The van der Waals surface area contributed by atoms with E-state index in [0.717, 1.165) is 0 Å². The van der Waals surface area contributed by atoms with Crippen molar-refractivity contribution in [3.63, 3.8) is 0 Å². The van der Waals surface area contributed by atoms with E-state index in [0.29, 0.717) is 0 Å². The zero-order valence-electron chi connectivity index (χ0n) is 8.19. The fraction of sp³-hybridized carbons (Fsp3) is 0. The minimum atomic E-state index is -3.94. The molecule has 0 fully saturated rings. The Balaban J connectivity index is -0.0000000192. The predicted octanol–water partition coefficient (Wildman–Crippen LogP) is -16.9. The predicted molar refractivity (Wildman–Crippen MR) is 40.3 cm³/mol. The second-order valence-corrected chi connectivity index (χ2v) is 4.65. The van der Waals surface area contributed by atoms with Gasteiger partial charge in [0.05, 0.1) is 0 Å². The molecule has 19 heavy (non-hydrogen) atoms. The van der Waals surface area contributed by atoms with Crippen LogP contribution in [0.5, 0.6) is 0 Å². The van der Waals surface area contributed by atoms with Crippen LogP contribution in [0.15, 0.2) is 0 Å². The van der Waals surface area contributed by atoms with Crippen LogP contribution >= 0.6 is 0 Å². The molecule has 0 aromatic rings. The quantitative estimate of drug-likeness (QED) is 0.205. The average Bonchev–Trinajstić information content (AvgIpc) is 1.76. The van der Waals surface area contributed by atoms with Crippen LogP contribution in [0.1, 0.15) is 0 Å². The molecule has 0 aromatic heterocycles. The molecule has 19 heteroatoms. The zero-order valence-corrected chi connectivity index (χ0v) is 27.4. The maximum atomic E-state index is 8.56. The van der Waals surface area contributed by atoms with Crippen molar-refractivity contribution in [2.24, 2.45) is 0 Å². The summed E-state index contributed by atoms with van der Waals surface area (Å²) in [6.45, 7) is 0. The van der Waals surface area contributed by atoms with Gasteiger partial charge in [-0.3, -0.25) is 0 Å². The summed E-state index contributed by atoms with van der Waals surface area (Å²) in [5.74, 6) is 0. The second kappa shape index (κ2) is 38.2. The van der Waals surface area contributed by atoms with Gasteiger partial charge in [0.15, 0.2) is 0 Å². The largest absolute Gasteiger partial charge is 4.00 e. The van der Waals surface area contributed by atoms with Gasteiger partial charge in [-0.1, -0.05) is 0 Å². The molecule has 0 atom stereocenters. The Morgan fingerprint density at radius 3 is 0.263 bits per heavy atom. The van der Waals surface area contributed by atoms with E-state index in [9.17, 15) is 0 Å². The fourth-order valence-corrected chi connectivity index (χ4v) is 0. The summed E-state index contributed by atoms with van der Waals surface area (Å²) in [6.07, 6.45) is 0. The van der Waals surface area contributed by atoms with Crippen molar-refractivity contribution >= 4 is 145 Å². The number of hydrogen-bond donors (Lipinski definition) is 0. The summed E-state index contributed by atoms with van der Waals surface area (Å²) in [6, 6.07) is 0. The Labute approximate surface area is 190 Å². The van der Waals surface area contributed by atoms with Crippen molar-refractivity contribution in [1.82, 2.24) is 0 Å². The van der Waals surface area contributed by atoms with Crippen molar-refractivity contribution < 1.29 is 49.1 Å². The third-order valence-electron chi connectivity index (χ3n) is 0. The van der Waals surface area contributed by atoms with Crippen LogP contribution in [-0.4, -0.2) is 145 Å². The van der Waals surface area contributed by atoms with Crippen LogP contribution in [0.2, 0.25) is 0 Å². The van der Waals surface area contributed by atoms with Crippen molar-refractivity contribution in [2.45, 2.75) is 0 Å². The molecule has 0 aliphatic carbocycles. The van der Waals surface area contributed by atoms with Crippen LogP contribution in [0.4, 0.5) is 0 Å². The molecule has 0 N–H and O–H groups in total. The third-order valence-corrected chi connectivity index (χ3v) is 0. The molecule has 0 spiro atoms. The minimum absolute atomic E-state index is 0. The van der Waals surface area contributed by atoms with Crippen LogP contribution in [-0.2, 0) is 0 Å². The molecule has 0 heterocycles. The number of rotatable bonds is 0. The maximum Gasteiger partial charge on any atom is 4.00 e. The smallest absolute Gasteiger partial charge is 4.00 e.